The molecule has 4 aliphatic rings. The highest BCUT2D eigenvalue weighted by Crippen LogP contribution is 2.35. The highest BCUT2D eigenvalue weighted by molar-refractivity contribution is 7.89. The average molecular weight is 461 g/mol. The lowest BCUT2D eigenvalue weighted by Crippen LogP contribution is -2.53. The van der Waals surface area contributed by atoms with Crippen molar-refractivity contribution >= 4 is 27.9 Å². The Bertz CT molecular complexity index is 1070. The average Bonchev–Trinajstić information content (AvgIpc) is 3.50. The largest absolute Gasteiger partial charge is 0.338 e. The number of rotatable bonds is 4. The molecular formula is C22H28N4O5S. The summed E-state index contributed by atoms with van der Waals surface area (Å²) in [7, 11) is -3.62. The number of piperazine rings is 1. The minimum Gasteiger partial charge on any atom is -0.338 e. The number of benzene rings is 1. The lowest BCUT2D eigenvalue weighted by molar-refractivity contribution is -0.139. The molecule has 0 bridgehead atoms. The molecule has 1 aromatic carbocycles. The molecule has 1 saturated carbocycles. The van der Waals surface area contributed by atoms with Gasteiger partial charge in [0.05, 0.1) is 4.90 Å². The summed E-state index contributed by atoms with van der Waals surface area (Å²) >= 11 is 0. The lowest BCUT2D eigenvalue weighted by Gasteiger charge is -2.34. The van der Waals surface area contributed by atoms with Crippen molar-refractivity contribution in [2.45, 2.75) is 55.4 Å². The number of nitrogens with zero attached hydrogens (tertiary/aromatic N) is 3. The van der Waals surface area contributed by atoms with Gasteiger partial charge in [0.15, 0.2) is 0 Å². The maximum absolute atomic E-state index is 13.1. The van der Waals surface area contributed by atoms with E-state index in [9.17, 15) is 22.8 Å². The van der Waals surface area contributed by atoms with Crippen LogP contribution in [-0.2, 0) is 32.5 Å². The Kier molecular flexibility index (Phi) is 5.24. The third kappa shape index (κ3) is 3.49. The van der Waals surface area contributed by atoms with Crippen LogP contribution >= 0.6 is 0 Å². The first-order chi connectivity index (χ1) is 15.3. The van der Waals surface area contributed by atoms with Crippen molar-refractivity contribution in [3.05, 3.63) is 29.3 Å². The Hall–Kier alpha value is -2.46. The van der Waals surface area contributed by atoms with E-state index < -0.39 is 21.6 Å². The minimum absolute atomic E-state index is 0.190. The van der Waals surface area contributed by atoms with Crippen LogP contribution in [-0.4, -0.2) is 78.6 Å². The van der Waals surface area contributed by atoms with Crippen molar-refractivity contribution in [1.82, 2.24) is 19.4 Å². The molecule has 1 aromatic rings. The highest BCUT2D eigenvalue weighted by atomic mass is 32.2. The van der Waals surface area contributed by atoms with Crippen molar-refractivity contribution < 1.29 is 22.8 Å². The second-order valence-corrected chi connectivity index (χ2v) is 11.1. The fourth-order valence-electron chi connectivity index (χ4n) is 5.41. The smallest absolute Gasteiger partial charge is 0.325 e. The summed E-state index contributed by atoms with van der Waals surface area (Å²) in [6, 6.07) is 4.85. The fourth-order valence-corrected chi connectivity index (χ4v) is 6.88. The topological polar surface area (TPSA) is 107 Å². The van der Waals surface area contributed by atoms with Gasteiger partial charge in [0.25, 0.3) is 5.91 Å². The molecule has 2 heterocycles. The first-order valence-electron chi connectivity index (χ1n) is 11.3. The SMILES string of the molecule is O=C(CN1C(=O)NC2(CCCC2)C1=O)N1CCN(S(=O)(=O)c2ccc3c(c2)CCC3)CC1. The van der Waals surface area contributed by atoms with Crippen molar-refractivity contribution in [2.24, 2.45) is 0 Å². The Morgan fingerprint density at radius 1 is 0.969 bits per heavy atom. The van der Waals surface area contributed by atoms with Gasteiger partial charge < -0.3 is 10.2 Å². The van der Waals surface area contributed by atoms with Gasteiger partial charge in [-0.2, -0.15) is 4.31 Å². The van der Waals surface area contributed by atoms with Crippen molar-refractivity contribution in [2.75, 3.05) is 32.7 Å². The normalized spacial score (nSPS) is 23.1. The number of hydrogen-bond donors (Lipinski definition) is 1. The van der Waals surface area contributed by atoms with E-state index >= 15 is 0 Å². The minimum atomic E-state index is -3.62. The summed E-state index contributed by atoms with van der Waals surface area (Å²) in [6.45, 7) is 0.546. The molecule has 4 amide bonds. The second kappa shape index (κ2) is 7.84. The van der Waals surface area contributed by atoms with Gasteiger partial charge in [-0.25, -0.2) is 13.2 Å². The Morgan fingerprint density at radius 2 is 1.66 bits per heavy atom. The Balaban J connectivity index is 1.21. The standard InChI is InChI=1S/C22H28N4O5S/c27-19(15-26-20(28)22(23-21(26)29)8-1-2-9-22)24-10-12-25(13-11-24)32(30,31)18-7-6-16-4-3-5-17(16)14-18/h6-7,14H,1-5,8-13,15H2,(H,23,29). The van der Waals surface area contributed by atoms with Gasteiger partial charge in [-0.3, -0.25) is 14.5 Å². The highest BCUT2D eigenvalue weighted by Gasteiger charge is 2.53. The van der Waals surface area contributed by atoms with E-state index in [1.54, 1.807) is 12.1 Å². The first-order valence-corrected chi connectivity index (χ1v) is 12.8. The van der Waals surface area contributed by atoms with Gasteiger partial charge in [0, 0.05) is 26.2 Å². The van der Waals surface area contributed by atoms with Crippen LogP contribution in [0.3, 0.4) is 0 Å². The third-order valence-electron chi connectivity index (χ3n) is 7.30. The summed E-state index contributed by atoms with van der Waals surface area (Å²) < 4.78 is 27.6. The summed E-state index contributed by atoms with van der Waals surface area (Å²) in [4.78, 5) is 40.7. The van der Waals surface area contributed by atoms with E-state index in [0.717, 1.165) is 42.6 Å². The van der Waals surface area contributed by atoms with Crippen molar-refractivity contribution in [3.63, 3.8) is 0 Å². The zero-order chi connectivity index (χ0) is 22.5. The summed E-state index contributed by atoms with van der Waals surface area (Å²) in [6.07, 6.45) is 5.95. The maximum atomic E-state index is 13.1. The number of aryl methyl sites for hydroxylation is 2. The van der Waals surface area contributed by atoms with E-state index in [-0.39, 0.29) is 44.5 Å². The molecule has 0 aromatic heterocycles. The number of urea groups is 1. The molecule has 2 saturated heterocycles. The van der Waals surface area contributed by atoms with Crippen LogP contribution in [0.5, 0.6) is 0 Å². The lowest BCUT2D eigenvalue weighted by atomic mass is 9.98. The molecule has 0 atom stereocenters. The van der Waals surface area contributed by atoms with Crippen molar-refractivity contribution in [1.29, 1.82) is 0 Å². The molecule has 1 N–H and O–H groups in total. The van der Waals surface area contributed by atoms with Crippen LogP contribution in [0.4, 0.5) is 4.79 Å². The molecule has 9 nitrogen and oxygen atoms in total. The van der Waals surface area contributed by atoms with Crippen molar-refractivity contribution in [3.8, 4) is 0 Å². The van der Waals surface area contributed by atoms with Crippen LogP contribution in [0.1, 0.15) is 43.2 Å². The van der Waals surface area contributed by atoms with Crippen LogP contribution in [0.2, 0.25) is 0 Å². The van der Waals surface area contributed by atoms with E-state index in [0.29, 0.717) is 17.7 Å². The van der Waals surface area contributed by atoms with E-state index in [1.165, 1.54) is 14.8 Å². The van der Waals surface area contributed by atoms with Gasteiger partial charge >= 0.3 is 6.03 Å². The molecule has 3 fully saturated rings. The van der Waals surface area contributed by atoms with Crippen LogP contribution in [0.15, 0.2) is 23.1 Å². The predicted octanol–water partition coefficient (Wildman–Crippen LogP) is 0.873. The van der Waals surface area contributed by atoms with E-state index in [2.05, 4.69) is 5.32 Å². The number of carbonyl (C=O) groups excluding carboxylic acids is 3. The number of fused-ring (bicyclic) bond motifs is 1. The van der Waals surface area contributed by atoms with Gasteiger partial charge in [-0.1, -0.05) is 18.9 Å². The second-order valence-electron chi connectivity index (χ2n) is 9.18. The van der Waals surface area contributed by atoms with Crippen LogP contribution in [0.25, 0.3) is 0 Å². The van der Waals surface area contributed by atoms with Gasteiger partial charge in [0.2, 0.25) is 15.9 Å². The number of hydrogen-bond acceptors (Lipinski definition) is 5. The number of carbonyl (C=O) groups is 3. The number of nitrogens with one attached hydrogen (secondary N) is 1. The number of sulfonamides is 1. The van der Waals surface area contributed by atoms with E-state index in [4.69, 9.17) is 0 Å². The molecule has 2 aliphatic carbocycles. The molecular weight excluding hydrogens is 432 g/mol. The maximum Gasteiger partial charge on any atom is 0.325 e. The Labute approximate surface area is 187 Å². The van der Waals surface area contributed by atoms with Crippen LogP contribution < -0.4 is 5.32 Å². The molecule has 32 heavy (non-hydrogen) atoms. The molecule has 172 valence electrons. The molecule has 5 rings (SSSR count). The summed E-state index contributed by atoms with van der Waals surface area (Å²) in [5.41, 5.74) is 1.49. The first kappa shape index (κ1) is 21.4. The summed E-state index contributed by atoms with van der Waals surface area (Å²) in [5, 5.41) is 2.78. The Morgan fingerprint density at radius 3 is 2.38 bits per heavy atom. The van der Waals surface area contributed by atoms with E-state index in [1.807, 2.05) is 6.07 Å². The fraction of sp³-hybridized carbons (Fsp3) is 0.591. The van der Waals surface area contributed by atoms with Gasteiger partial charge in [-0.15, -0.1) is 0 Å². The van der Waals surface area contributed by atoms with Crippen LogP contribution in [0, 0.1) is 0 Å². The van der Waals surface area contributed by atoms with Gasteiger partial charge in [-0.05, 0) is 55.4 Å². The third-order valence-corrected chi connectivity index (χ3v) is 9.19. The predicted molar refractivity (Wildman–Crippen MR) is 115 cm³/mol. The zero-order valence-corrected chi connectivity index (χ0v) is 18.8. The molecule has 0 radical (unpaired) electrons. The molecule has 0 unspecified atom stereocenters. The number of amides is 4. The quantitative estimate of drug-likeness (QED) is 0.671. The molecule has 10 heteroatoms. The molecule has 1 spiro atoms. The number of imide groups is 1. The summed E-state index contributed by atoms with van der Waals surface area (Å²) in [5.74, 6) is -0.649. The molecule has 2 aliphatic heterocycles. The zero-order valence-electron chi connectivity index (χ0n) is 18.0. The monoisotopic (exact) mass is 460 g/mol. The van der Waals surface area contributed by atoms with Gasteiger partial charge in [0.1, 0.15) is 12.1 Å².